The van der Waals surface area contributed by atoms with Crippen molar-refractivity contribution < 1.29 is 19.1 Å². The van der Waals surface area contributed by atoms with Crippen LogP contribution in [0, 0.1) is 5.82 Å². The minimum atomic E-state index is -0.603. The van der Waals surface area contributed by atoms with Crippen LogP contribution in [0.25, 0.3) is 6.08 Å². The highest BCUT2D eigenvalue weighted by Gasteiger charge is 2.14. The van der Waals surface area contributed by atoms with Crippen molar-refractivity contribution in [2.45, 2.75) is 6.42 Å². The van der Waals surface area contributed by atoms with Gasteiger partial charge in [0.1, 0.15) is 5.82 Å². The summed E-state index contributed by atoms with van der Waals surface area (Å²) in [4.78, 5) is 25.8. The second-order valence-corrected chi connectivity index (χ2v) is 5.86. The van der Waals surface area contributed by atoms with Crippen molar-refractivity contribution in [1.82, 2.24) is 10.2 Å². The molecule has 0 aliphatic carbocycles. The molecule has 0 aliphatic heterocycles. The summed E-state index contributed by atoms with van der Waals surface area (Å²) in [5, 5.41) is 11.7. The summed E-state index contributed by atoms with van der Waals surface area (Å²) in [5.74, 6) is -1.36. The average molecular weight is 370 g/mol. The van der Waals surface area contributed by atoms with Gasteiger partial charge in [0.15, 0.2) is 0 Å². The number of nitrogens with one attached hydrogen (secondary N) is 1. The molecular formula is C21H23FN2O3. The summed E-state index contributed by atoms with van der Waals surface area (Å²) in [6, 6.07) is 15.4. The summed E-state index contributed by atoms with van der Waals surface area (Å²) in [6.07, 6.45) is 3.82. The largest absolute Gasteiger partial charge is 0.395 e. The van der Waals surface area contributed by atoms with Crippen LogP contribution < -0.4 is 5.32 Å². The molecule has 0 spiro atoms. The summed E-state index contributed by atoms with van der Waals surface area (Å²) < 4.78 is 13.6. The zero-order valence-corrected chi connectivity index (χ0v) is 15.0. The third-order valence-corrected chi connectivity index (χ3v) is 3.90. The highest BCUT2D eigenvalue weighted by Crippen LogP contribution is 2.06. The molecule has 0 fully saturated rings. The van der Waals surface area contributed by atoms with Crippen LogP contribution in [0.15, 0.2) is 60.7 Å². The average Bonchev–Trinajstić information content (AvgIpc) is 2.68. The lowest BCUT2D eigenvalue weighted by Gasteiger charge is -2.20. The van der Waals surface area contributed by atoms with E-state index in [-0.39, 0.29) is 37.6 Å². The lowest BCUT2D eigenvalue weighted by atomic mass is 10.2. The molecule has 0 radical (unpaired) electrons. The second-order valence-electron chi connectivity index (χ2n) is 5.86. The van der Waals surface area contributed by atoms with Gasteiger partial charge in [0, 0.05) is 26.1 Å². The first-order valence-electron chi connectivity index (χ1n) is 8.74. The van der Waals surface area contributed by atoms with E-state index in [1.165, 1.54) is 23.1 Å². The maximum atomic E-state index is 13.6. The van der Waals surface area contributed by atoms with Gasteiger partial charge in [-0.25, -0.2) is 4.39 Å². The van der Waals surface area contributed by atoms with Gasteiger partial charge in [-0.15, -0.1) is 0 Å². The minimum Gasteiger partial charge on any atom is -0.395 e. The Morgan fingerprint density at radius 3 is 2.48 bits per heavy atom. The van der Waals surface area contributed by atoms with E-state index >= 15 is 0 Å². The SMILES string of the molecule is O=C(NCCC(=O)N(C/C=C/c1ccccc1)CCO)c1ccccc1F. The molecule has 0 saturated heterocycles. The number of amides is 2. The van der Waals surface area contributed by atoms with Crippen molar-refractivity contribution in [3.63, 3.8) is 0 Å². The topological polar surface area (TPSA) is 69.6 Å². The Kier molecular flexibility index (Phi) is 8.19. The predicted octanol–water partition coefficient (Wildman–Crippen LogP) is 2.48. The van der Waals surface area contributed by atoms with Gasteiger partial charge in [-0.2, -0.15) is 0 Å². The molecule has 27 heavy (non-hydrogen) atoms. The quantitative estimate of drug-likeness (QED) is 0.713. The van der Waals surface area contributed by atoms with Crippen molar-refractivity contribution in [2.24, 2.45) is 0 Å². The first-order chi connectivity index (χ1) is 13.1. The molecule has 0 atom stereocenters. The predicted molar refractivity (Wildman–Crippen MR) is 102 cm³/mol. The molecule has 2 aromatic rings. The van der Waals surface area contributed by atoms with E-state index < -0.39 is 11.7 Å². The normalized spacial score (nSPS) is 10.7. The summed E-state index contributed by atoms with van der Waals surface area (Å²) in [5.41, 5.74) is 0.967. The summed E-state index contributed by atoms with van der Waals surface area (Å²) >= 11 is 0. The van der Waals surface area contributed by atoms with E-state index in [9.17, 15) is 14.0 Å². The minimum absolute atomic E-state index is 0.0528. The molecule has 0 aromatic heterocycles. The zero-order chi connectivity index (χ0) is 19.5. The molecule has 2 rings (SSSR count). The second kappa shape index (κ2) is 10.9. The van der Waals surface area contributed by atoms with Crippen molar-refractivity contribution in [1.29, 1.82) is 0 Å². The van der Waals surface area contributed by atoms with Crippen LogP contribution >= 0.6 is 0 Å². The Labute approximate surface area is 158 Å². The summed E-state index contributed by atoms with van der Waals surface area (Å²) in [6.45, 7) is 0.512. The van der Waals surface area contributed by atoms with Crippen LogP contribution in [0.3, 0.4) is 0 Å². The van der Waals surface area contributed by atoms with E-state index in [2.05, 4.69) is 5.32 Å². The number of nitrogens with zero attached hydrogens (tertiary/aromatic N) is 1. The molecule has 142 valence electrons. The number of halogens is 1. The van der Waals surface area contributed by atoms with Crippen molar-refractivity contribution in [2.75, 3.05) is 26.2 Å². The van der Waals surface area contributed by atoms with Gasteiger partial charge >= 0.3 is 0 Å². The van der Waals surface area contributed by atoms with Crippen LogP contribution in [0.4, 0.5) is 4.39 Å². The Bertz CT molecular complexity index is 778. The van der Waals surface area contributed by atoms with Gasteiger partial charge in [0.25, 0.3) is 5.91 Å². The molecule has 6 heteroatoms. The fourth-order valence-electron chi connectivity index (χ4n) is 2.50. The number of aliphatic hydroxyl groups excluding tert-OH is 1. The van der Waals surface area contributed by atoms with E-state index in [0.717, 1.165) is 5.56 Å². The van der Waals surface area contributed by atoms with Gasteiger partial charge in [0.2, 0.25) is 5.91 Å². The third kappa shape index (κ3) is 6.67. The maximum Gasteiger partial charge on any atom is 0.254 e. The molecule has 0 aliphatic rings. The Balaban J connectivity index is 1.83. The molecule has 5 nitrogen and oxygen atoms in total. The van der Waals surface area contributed by atoms with Crippen LogP contribution in [0.2, 0.25) is 0 Å². The van der Waals surface area contributed by atoms with Crippen molar-refractivity contribution in [3.05, 3.63) is 77.6 Å². The van der Waals surface area contributed by atoms with Gasteiger partial charge in [-0.3, -0.25) is 9.59 Å². The lowest BCUT2D eigenvalue weighted by Crippen LogP contribution is -2.36. The first kappa shape index (κ1) is 20.3. The monoisotopic (exact) mass is 370 g/mol. The number of hydrogen-bond donors (Lipinski definition) is 2. The van der Waals surface area contributed by atoms with Gasteiger partial charge in [0.05, 0.1) is 12.2 Å². The highest BCUT2D eigenvalue weighted by molar-refractivity contribution is 5.94. The van der Waals surface area contributed by atoms with E-state index in [4.69, 9.17) is 5.11 Å². The van der Waals surface area contributed by atoms with Crippen LogP contribution in [0.5, 0.6) is 0 Å². The Hall–Kier alpha value is -2.99. The zero-order valence-electron chi connectivity index (χ0n) is 15.0. The Morgan fingerprint density at radius 2 is 1.78 bits per heavy atom. The molecular weight excluding hydrogens is 347 g/mol. The molecule has 0 saturated carbocycles. The first-order valence-corrected chi connectivity index (χ1v) is 8.74. The fourth-order valence-corrected chi connectivity index (χ4v) is 2.50. The lowest BCUT2D eigenvalue weighted by molar-refractivity contribution is -0.131. The number of hydrogen-bond acceptors (Lipinski definition) is 3. The van der Waals surface area contributed by atoms with Crippen molar-refractivity contribution >= 4 is 17.9 Å². The van der Waals surface area contributed by atoms with E-state index in [1.54, 1.807) is 6.07 Å². The standard InChI is InChI=1S/C21H23FN2O3/c22-19-11-5-4-10-18(19)21(27)23-13-12-20(26)24(15-16-25)14-6-9-17-7-2-1-3-8-17/h1-11,25H,12-16H2,(H,23,27)/b9-6+. The number of aliphatic hydroxyl groups is 1. The fraction of sp³-hybridized carbons (Fsp3) is 0.238. The number of rotatable bonds is 9. The molecule has 2 N–H and O–H groups in total. The molecule has 2 amide bonds. The summed E-state index contributed by atoms with van der Waals surface area (Å²) in [7, 11) is 0. The number of carbonyl (C=O) groups is 2. The number of carbonyl (C=O) groups excluding carboxylic acids is 2. The molecule has 0 bridgehead atoms. The number of benzene rings is 2. The van der Waals surface area contributed by atoms with Gasteiger partial charge in [-0.05, 0) is 17.7 Å². The van der Waals surface area contributed by atoms with Crippen LogP contribution in [-0.2, 0) is 4.79 Å². The Morgan fingerprint density at radius 1 is 1.07 bits per heavy atom. The molecule has 0 unspecified atom stereocenters. The smallest absolute Gasteiger partial charge is 0.254 e. The van der Waals surface area contributed by atoms with Crippen molar-refractivity contribution in [3.8, 4) is 0 Å². The van der Waals surface area contributed by atoms with E-state index in [1.807, 2.05) is 42.5 Å². The van der Waals surface area contributed by atoms with Gasteiger partial charge < -0.3 is 15.3 Å². The van der Waals surface area contributed by atoms with Crippen LogP contribution in [-0.4, -0.2) is 48.1 Å². The molecule has 0 heterocycles. The maximum absolute atomic E-state index is 13.6. The third-order valence-electron chi connectivity index (χ3n) is 3.90. The molecule has 2 aromatic carbocycles. The highest BCUT2D eigenvalue weighted by atomic mass is 19.1. The van der Waals surface area contributed by atoms with Crippen LogP contribution in [0.1, 0.15) is 22.3 Å². The van der Waals surface area contributed by atoms with E-state index in [0.29, 0.717) is 6.54 Å². The van der Waals surface area contributed by atoms with Gasteiger partial charge in [-0.1, -0.05) is 54.6 Å².